The van der Waals surface area contributed by atoms with E-state index in [4.69, 9.17) is 6.42 Å². The van der Waals surface area contributed by atoms with Gasteiger partial charge in [-0.15, -0.1) is 13.0 Å². The first kappa shape index (κ1) is 16.9. The van der Waals surface area contributed by atoms with Gasteiger partial charge < -0.3 is 10.0 Å². The summed E-state index contributed by atoms with van der Waals surface area (Å²) in [7, 11) is 0. The Morgan fingerprint density at radius 2 is 1.65 bits per heavy atom. The molecule has 2 heteroatoms. The Morgan fingerprint density at radius 1 is 1.13 bits per heavy atom. The first-order chi connectivity index (χ1) is 11.0. The highest BCUT2D eigenvalue weighted by atomic mass is 16.3. The van der Waals surface area contributed by atoms with Crippen molar-refractivity contribution in [1.29, 1.82) is 0 Å². The van der Waals surface area contributed by atoms with Crippen LogP contribution in [-0.2, 0) is 5.60 Å². The second-order valence-corrected chi connectivity index (χ2v) is 5.59. The van der Waals surface area contributed by atoms with E-state index in [1.54, 1.807) is 0 Å². The monoisotopic (exact) mass is 305 g/mol. The summed E-state index contributed by atoms with van der Waals surface area (Å²) in [6, 6.07) is 15.4. The molecular weight excluding hydrogens is 282 g/mol. The Morgan fingerprint density at radius 3 is 2.09 bits per heavy atom. The first-order valence-corrected chi connectivity index (χ1v) is 7.78. The molecule has 0 aliphatic heterocycles. The van der Waals surface area contributed by atoms with Gasteiger partial charge >= 0.3 is 0 Å². The second-order valence-electron chi connectivity index (χ2n) is 5.59. The number of anilines is 1. The van der Waals surface area contributed by atoms with E-state index in [2.05, 4.69) is 24.3 Å². The zero-order valence-corrected chi connectivity index (χ0v) is 13.8. The van der Waals surface area contributed by atoms with Crippen molar-refractivity contribution >= 4 is 5.69 Å². The van der Waals surface area contributed by atoms with Crippen molar-refractivity contribution in [1.82, 2.24) is 0 Å². The van der Waals surface area contributed by atoms with Crippen LogP contribution >= 0.6 is 0 Å². The van der Waals surface area contributed by atoms with E-state index < -0.39 is 5.60 Å². The van der Waals surface area contributed by atoms with Crippen LogP contribution < -0.4 is 4.90 Å². The Bertz CT molecular complexity index is 694. The summed E-state index contributed by atoms with van der Waals surface area (Å²) in [6.07, 6.45) is 7.53. The molecule has 118 valence electrons. The predicted octanol–water partition coefficient (Wildman–Crippen LogP) is 3.88. The van der Waals surface area contributed by atoms with Gasteiger partial charge in [-0.2, -0.15) is 0 Å². The fourth-order valence-electron chi connectivity index (χ4n) is 2.61. The highest BCUT2D eigenvalue weighted by Crippen LogP contribution is 2.30. The minimum absolute atomic E-state index is 0.697. The average Bonchev–Trinajstić information content (AvgIpc) is 2.60. The molecular formula is C21H23NO. The van der Waals surface area contributed by atoms with Gasteiger partial charge in [0.25, 0.3) is 0 Å². The summed E-state index contributed by atoms with van der Waals surface area (Å²) in [5.74, 6) is 2.54. The smallest absolute Gasteiger partial charge is 0.176 e. The predicted molar refractivity (Wildman–Crippen MR) is 97.5 cm³/mol. The van der Waals surface area contributed by atoms with Gasteiger partial charge in [-0.25, -0.2) is 0 Å². The molecule has 0 aromatic heterocycles. The topological polar surface area (TPSA) is 23.5 Å². The van der Waals surface area contributed by atoms with E-state index in [1.165, 1.54) is 0 Å². The number of aryl methyl sites for hydroxylation is 1. The number of aliphatic hydroxyl groups is 1. The third-order valence-corrected chi connectivity index (χ3v) is 4.06. The van der Waals surface area contributed by atoms with Crippen molar-refractivity contribution in [2.75, 3.05) is 18.0 Å². The van der Waals surface area contributed by atoms with Gasteiger partial charge in [0, 0.05) is 29.9 Å². The van der Waals surface area contributed by atoms with E-state index in [-0.39, 0.29) is 0 Å². The number of nitrogens with zero attached hydrogens (tertiary/aromatic N) is 1. The summed E-state index contributed by atoms with van der Waals surface area (Å²) in [6.45, 7) is 9.56. The number of likely N-dealkylation sites (N-methyl/N-ethyl adjacent to an activating group) is 1. The maximum absolute atomic E-state index is 11.0. The minimum atomic E-state index is -1.41. The van der Waals surface area contributed by atoms with Gasteiger partial charge in [0.2, 0.25) is 0 Å². The summed E-state index contributed by atoms with van der Waals surface area (Å²) in [4.78, 5) is 2.19. The second kappa shape index (κ2) is 7.17. The van der Waals surface area contributed by atoms with E-state index in [0.29, 0.717) is 11.1 Å². The lowest BCUT2D eigenvalue weighted by atomic mass is 9.86. The van der Waals surface area contributed by atoms with Crippen molar-refractivity contribution in [3.8, 4) is 12.3 Å². The molecule has 0 spiro atoms. The highest BCUT2D eigenvalue weighted by Gasteiger charge is 2.29. The summed E-state index contributed by atoms with van der Waals surface area (Å²) >= 11 is 0. The van der Waals surface area contributed by atoms with Gasteiger partial charge in [-0.05, 0) is 26.0 Å². The van der Waals surface area contributed by atoms with E-state index in [1.807, 2.05) is 61.5 Å². The molecule has 0 radical (unpaired) electrons. The molecule has 0 aliphatic carbocycles. The SMILES string of the molecule is C#CC(O)(c1ccc(C)cc1)c1ccc(N(CC)CC=C)cc1. The Labute approximate surface area is 139 Å². The molecule has 2 aromatic rings. The zero-order chi connectivity index (χ0) is 16.9. The van der Waals surface area contributed by atoms with Crippen molar-refractivity contribution < 1.29 is 5.11 Å². The van der Waals surface area contributed by atoms with E-state index >= 15 is 0 Å². The molecule has 0 bridgehead atoms. The van der Waals surface area contributed by atoms with Crippen LogP contribution in [0.3, 0.4) is 0 Å². The van der Waals surface area contributed by atoms with E-state index in [0.717, 1.165) is 24.3 Å². The van der Waals surface area contributed by atoms with Gasteiger partial charge in [-0.1, -0.05) is 54.0 Å². The number of benzene rings is 2. The number of hydrogen-bond donors (Lipinski definition) is 1. The Balaban J connectivity index is 2.37. The van der Waals surface area contributed by atoms with Gasteiger partial charge in [-0.3, -0.25) is 0 Å². The molecule has 0 saturated carbocycles. The molecule has 1 N–H and O–H groups in total. The van der Waals surface area contributed by atoms with Gasteiger partial charge in [0.05, 0.1) is 0 Å². The Hall–Kier alpha value is -2.50. The lowest BCUT2D eigenvalue weighted by molar-refractivity contribution is 0.145. The molecule has 0 heterocycles. The fraction of sp³-hybridized carbons (Fsp3) is 0.238. The molecule has 0 amide bonds. The maximum atomic E-state index is 11.0. The van der Waals surface area contributed by atoms with Crippen LogP contribution in [0, 0.1) is 19.3 Å². The molecule has 2 nitrogen and oxygen atoms in total. The first-order valence-electron chi connectivity index (χ1n) is 7.78. The van der Waals surface area contributed by atoms with Gasteiger partial charge in [0.1, 0.15) is 0 Å². The van der Waals surface area contributed by atoms with E-state index in [9.17, 15) is 5.11 Å². The van der Waals surface area contributed by atoms with Crippen molar-refractivity contribution in [3.05, 3.63) is 77.9 Å². The van der Waals surface area contributed by atoms with Crippen molar-refractivity contribution in [2.45, 2.75) is 19.4 Å². The summed E-state index contributed by atoms with van der Waals surface area (Å²) < 4.78 is 0. The molecule has 0 saturated heterocycles. The molecule has 1 unspecified atom stereocenters. The molecule has 0 fully saturated rings. The lowest BCUT2D eigenvalue weighted by Crippen LogP contribution is -2.26. The third-order valence-electron chi connectivity index (χ3n) is 4.06. The summed E-state index contributed by atoms with van der Waals surface area (Å²) in [5.41, 5.74) is 2.20. The molecule has 2 aromatic carbocycles. The largest absolute Gasteiger partial charge is 0.369 e. The average molecular weight is 305 g/mol. The van der Waals surface area contributed by atoms with Crippen LogP contribution in [0.4, 0.5) is 5.69 Å². The number of hydrogen-bond acceptors (Lipinski definition) is 2. The maximum Gasteiger partial charge on any atom is 0.176 e. The highest BCUT2D eigenvalue weighted by molar-refractivity contribution is 5.52. The molecule has 1 atom stereocenters. The van der Waals surface area contributed by atoms with Crippen LogP contribution in [0.25, 0.3) is 0 Å². The van der Waals surface area contributed by atoms with Crippen molar-refractivity contribution in [2.24, 2.45) is 0 Å². The lowest BCUT2D eigenvalue weighted by Gasteiger charge is -2.26. The van der Waals surface area contributed by atoms with Crippen LogP contribution in [-0.4, -0.2) is 18.2 Å². The molecule has 0 aliphatic rings. The van der Waals surface area contributed by atoms with Crippen LogP contribution in [0.5, 0.6) is 0 Å². The van der Waals surface area contributed by atoms with Crippen LogP contribution in [0.1, 0.15) is 23.6 Å². The zero-order valence-electron chi connectivity index (χ0n) is 13.8. The normalized spacial score (nSPS) is 13.0. The quantitative estimate of drug-likeness (QED) is 0.647. The minimum Gasteiger partial charge on any atom is -0.369 e. The van der Waals surface area contributed by atoms with Crippen LogP contribution in [0.2, 0.25) is 0 Å². The number of rotatable bonds is 6. The third kappa shape index (κ3) is 3.47. The van der Waals surface area contributed by atoms with Crippen molar-refractivity contribution in [3.63, 3.8) is 0 Å². The molecule has 2 rings (SSSR count). The fourth-order valence-corrected chi connectivity index (χ4v) is 2.61. The number of terminal acetylenes is 1. The van der Waals surface area contributed by atoms with Gasteiger partial charge in [0.15, 0.2) is 5.60 Å². The Kier molecular flexibility index (Phi) is 5.26. The summed E-state index contributed by atoms with van der Waals surface area (Å²) in [5, 5.41) is 11.0. The van der Waals surface area contributed by atoms with Crippen LogP contribution in [0.15, 0.2) is 61.2 Å². The molecule has 23 heavy (non-hydrogen) atoms. The standard InChI is InChI=1S/C21H23NO/c1-5-16-22(7-3)20-14-12-19(13-15-20)21(23,6-2)18-10-8-17(4)9-11-18/h2,5,8-15,23H,1,7,16H2,3-4H3.